The van der Waals surface area contributed by atoms with Crippen molar-refractivity contribution in [2.24, 2.45) is 11.7 Å². The highest BCUT2D eigenvalue weighted by molar-refractivity contribution is 5.96. The Morgan fingerprint density at radius 3 is 2.35 bits per heavy atom. The predicted molar refractivity (Wildman–Crippen MR) is 117 cm³/mol. The van der Waals surface area contributed by atoms with Gasteiger partial charge in [0.2, 0.25) is 5.91 Å². The number of nitrogens with zero attached hydrogens (tertiary/aromatic N) is 2. The number of carbonyl (C=O) groups is 3. The Morgan fingerprint density at radius 1 is 1.06 bits per heavy atom. The first-order valence-corrected chi connectivity index (χ1v) is 10.5. The number of aromatic carboxylic acids is 1. The Morgan fingerprint density at radius 2 is 1.74 bits per heavy atom. The van der Waals surface area contributed by atoms with Crippen molar-refractivity contribution < 1.29 is 19.5 Å². The van der Waals surface area contributed by atoms with Crippen LogP contribution in [0, 0.1) is 5.92 Å². The van der Waals surface area contributed by atoms with Gasteiger partial charge in [0.1, 0.15) is 0 Å². The molecule has 1 aliphatic heterocycles. The quantitative estimate of drug-likeness (QED) is 0.605. The van der Waals surface area contributed by atoms with E-state index in [1.54, 1.807) is 4.90 Å². The van der Waals surface area contributed by atoms with Crippen LogP contribution in [0.15, 0.2) is 48.5 Å². The molecule has 4 N–H and O–H groups in total. The highest BCUT2D eigenvalue weighted by atomic mass is 16.4. The van der Waals surface area contributed by atoms with Crippen LogP contribution in [0.2, 0.25) is 0 Å². The molecule has 8 heteroatoms. The summed E-state index contributed by atoms with van der Waals surface area (Å²) in [5.74, 6) is -0.698. The fraction of sp³-hybridized carbons (Fsp3) is 0.348. The summed E-state index contributed by atoms with van der Waals surface area (Å²) in [5, 5.41) is 11.6. The minimum absolute atomic E-state index is 0.0599. The van der Waals surface area contributed by atoms with Gasteiger partial charge in [0.05, 0.1) is 11.6 Å². The number of amides is 3. The van der Waals surface area contributed by atoms with Gasteiger partial charge in [-0.3, -0.25) is 9.69 Å². The number of carbonyl (C=O) groups excluding carboxylic acids is 2. The van der Waals surface area contributed by atoms with Crippen LogP contribution in [0.1, 0.15) is 28.8 Å². The number of hydrogen-bond donors (Lipinski definition) is 3. The molecular formula is C23H26N4O4. The molecule has 162 valence electrons. The fourth-order valence-electron chi connectivity index (χ4n) is 3.69. The van der Waals surface area contributed by atoms with Crippen molar-refractivity contribution in [1.29, 1.82) is 0 Å². The van der Waals surface area contributed by atoms with Gasteiger partial charge in [-0.15, -0.1) is 0 Å². The molecule has 0 spiro atoms. The van der Waals surface area contributed by atoms with Gasteiger partial charge in [0.25, 0.3) is 0 Å². The van der Waals surface area contributed by atoms with Gasteiger partial charge in [0, 0.05) is 31.0 Å². The minimum atomic E-state index is -1.02. The number of nitrogens with one attached hydrogen (secondary N) is 1. The van der Waals surface area contributed by atoms with Crippen LogP contribution in [0.25, 0.3) is 0 Å². The summed E-state index contributed by atoms with van der Waals surface area (Å²) in [7, 11) is 0. The van der Waals surface area contributed by atoms with Gasteiger partial charge in [-0.2, -0.15) is 0 Å². The Bertz CT molecular complexity index is 970. The fourth-order valence-corrected chi connectivity index (χ4v) is 3.69. The maximum Gasteiger partial charge on any atom is 0.335 e. The van der Waals surface area contributed by atoms with Crippen LogP contribution in [0.4, 0.5) is 16.2 Å². The second kappa shape index (κ2) is 8.77. The van der Waals surface area contributed by atoms with Crippen molar-refractivity contribution >= 4 is 29.3 Å². The third-order valence-corrected chi connectivity index (χ3v) is 5.71. The summed E-state index contributed by atoms with van der Waals surface area (Å²) < 4.78 is 0. The average Bonchev–Trinajstić information content (AvgIpc) is 3.51. The second-order valence-corrected chi connectivity index (χ2v) is 8.17. The zero-order valence-corrected chi connectivity index (χ0v) is 17.2. The Hall–Kier alpha value is -3.39. The van der Waals surface area contributed by atoms with Crippen LogP contribution in [0.5, 0.6) is 0 Å². The number of hydrogen-bond acceptors (Lipinski definition) is 4. The molecule has 1 heterocycles. The Labute approximate surface area is 180 Å². The minimum Gasteiger partial charge on any atom is -0.478 e. The summed E-state index contributed by atoms with van der Waals surface area (Å²) >= 11 is 0. The van der Waals surface area contributed by atoms with Gasteiger partial charge < -0.3 is 21.1 Å². The van der Waals surface area contributed by atoms with Gasteiger partial charge >= 0.3 is 12.0 Å². The van der Waals surface area contributed by atoms with Crippen molar-refractivity contribution in [2.75, 3.05) is 29.9 Å². The molecule has 1 aliphatic carbocycles. The molecule has 2 aromatic rings. The number of nitrogens with two attached hydrogens (primary N) is 1. The maximum atomic E-state index is 12.6. The van der Waals surface area contributed by atoms with Crippen molar-refractivity contribution in [2.45, 2.75) is 25.3 Å². The third-order valence-electron chi connectivity index (χ3n) is 5.71. The highest BCUT2D eigenvalue weighted by Crippen LogP contribution is 2.31. The molecule has 2 aliphatic rings. The van der Waals surface area contributed by atoms with Crippen molar-refractivity contribution in [3.63, 3.8) is 0 Å². The molecule has 0 aromatic heterocycles. The van der Waals surface area contributed by atoms with E-state index in [2.05, 4.69) is 5.32 Å². The zero-order chi connectivity index (χ0) is 22.0. The smallest absolute Gasteiger partial charge is 0.335 e. The first-order valence-electron chi connectivity index (χ1n) is 10.5. The van der Waals surface area contributed by atoms with E-state index in [1.165, 1.54) is 37.1 Å². The monoisotopic (exact) mass is 422 g/mol. The normalized spacial score (nSPS) is 17.0. The topological polar surface area (TPSA) is 116 Å². The van der Waals surface area contributed by atoms with Crippen molar-refractivity contribution in [1.82, 2.24) is 4.90 Å². The lowest BCUT2D eigenvalue weighted by Crippen LogP contribution is -2.37. The molecule has 3 amide bonds. The number of anilines is 2. The largest absolute Gasteiger partial charge is 0.478 e. The third kappa shape index (κ3) is 5.03. The Balaban J connectivity index is 1.31. The summed E-state index contributed by atoms with van der Waals surface area (Å²) in [6.07, 6.45) is 2.79. The molecule has 1 atom stereocenters. The van der Waals surface area contributed by atoms with E-state index in [1.807, 2.05) is 29.2 Å². The molecule has 31 heavy (non-hydrogen) atoms. The van der Waals surface area contributed by atoms with E-state index < -0.39 is 12.0 Å². The molecular weight excluding hydrogens is 396 g/mol. The summed E-state index contributed by atoms with van der Waals surface area (Å²) in [6, 6.07) is 12.8. The lowest BCUT2D eigenvalue weighted by atomic mass is 10.1. The van der Waals surface area contributed by atoms with Crippen LogP contribution >= 0.6 is 0 Å². The summed E-state index contributed by atoms with van der Waals surface area (Å²) in [5.41, 5.74) is 8.44. The van der Waals surface area contributed by atoms with E-state index >= 15 is 0 Å². The van der Waals surface area contributed by atoms with E-state index in [4.69, 9.17) is 10.8 Å². The molecule has 2 aromatic carbocycles. The molecule has 0 bridgehead atoms. The van der Waals surface area contributed by atoms with Crippen LogP contribution in [-0.4, -0.2) is 53.6 Å². The molecule has 8 nitrogen and oxygen atoms in total. The van der Waals surface area contributed by atoms with Crippen LogP contribution in [0.3, 0.4) is 0 Å². The van der Waals surface area contributed by atoms with E-state index in [0.717, 1.165) is 24.3 Å². The number of urea groups is 1. The van der Waals surface area contributed by atoms with E-state index in [0.29, 0.717) is 24.6 Å². The lowest BCUT2D eigenvalue weighted by molar-refractivity contribution is -0.117. The van der Waals surface area contributed by atoms with Gasteiger partial charge in [0.15, 0.2) is 0 Å². The van der Waals surface area contributed by atoms with E-state index in [-0.39, 0.29) is 17.5 Å². The van der Waals surface area contributed by atoms with Crippen molar-refractivity contribution in [3.05, 3.63) is 59.7 Å². The molecule has 1 saturated carbocycles. The molecule has 1 unspecified atom stereocenters. The van der Waals surface area contributed by atoms with Crippen LogP contribution < -0.4 is 16.0 Å². The highest BCUT2D eigenvalue weighted by Gasteiger charge is 2.33. The molecule has 0 radical (unpaired) electrons. The standard InChI is InChI=1S/C23H26N4O4/c24-20(21(28)25-18-7-5-17(6-8-18)22(29)30)13-15-3-9-19(10-4-15)27-12-11-26(23(27)31)14-16-1-2-16/h3-10,16,20H,1-2,11-14,24H2,(H,25,28)(H,29,30). The molecule has 4 rings (SSSR count). The number of carboxylic acids is 1. The lowest BCUT2D eigenvalue weighted by Gasteiger charge is -2.19. The maximum absolute atomic E-state index is 12.6. The molecule has 1 saturated heterocycles. The summed E-state index contributed by atoms with van der Waals surface area (Å²) in [6.45, 7) is 2.31. The van der Waals surface area contributed by atoms with Gasteiger partial charge in [-0.05, 0) is 67.1 Å². The number of carboxylic acid groups (broad SMARTS) is 1. The van der Waals surface area contributed by atoms with Gasteiger partial charge in [-0.25, -0.2) is 9.59 Å². The van der Waals surface area contributed by atoms with Crippen LogP contribution in [-0.2, 0) is 11.2 Å². The molecule has 2 fully saturated rings. The van der Waals surface area contributed by atoms with E-state index in [9.17, 15) is 14.4 Å². The number of rotatable bonds is 8. The predicted octanol–water partition coefficient (Wildman–Crippen LogP) is 2.55. The van der Waals surface area contributed by atoms with Crippen molar-refractivity contribution in [3.8, 4) is 0 Å². The number of benzene rings is 2. The first kappa shape index (κ1) is 20.9. The SMILES string of the molecule is NC(Cc1ccc(N2CCN(CC3CC3)C2=O)cc1)C(=O)Nc1ccc(C(=O)O)cc1. The first-order chi connectivity index (χ1) is 14.9. The van der Waals surface area contributed by atoms with Gasteiger partial charge in [-0.1, -0.05) is 12.1 Å². The Kier molecular flexibility index (Phi) is 5.90. The average molecular weight is 422 g/mol. The summed E-state index contributed by atoms with van der Waals surface area (Å²) in [4.78, 5) is 39.6. The zero-order valence-electron chi connectivity index (χ0n) is 17.2. The second-order valence-electron chi connectivity index (χ2n) is 8.17.